The van der Waals surface area contributed by atoms with E-state index in [-0.39, 0.29) is 26.2 Å². The number of carbonyl (C=O) groups excluding carboxylic acids is 4. The number of benzene rings is 2. The molecule has 218 valence electrons. The largest absolute Gasteiger partial charge is 0.464 e. The molecule has 2 aromatic carbocycles. The standard InChI is InChI=1S/C32H38N2O7/c1-5-7-8-11-16-24(3)28-21-32(25(4)35,29(36)39-6-2)34(31(38)41-23-27-19-14-10-15-20-27)33(28)30(37)40-22-26-17-12-9-13-18-26/h9-20,28H,3,5-8,21-23H2,1-2,4H3/b16-11+/t28-,32-/m1/s1. The van der Waals surface area contributed by atoms with Crippen LogP contribution in [0.5, 0.6) is 0 Å². The van der Waals surface area contributed by atoms with E-state index in [9.17, 15) is 19.2 Å². The number of Topliss-reactive ketones (excluding diaryl/α,β-unsaturated/α-hetero) is 1. The molecule has 2 atom stereocenters. The molecule has 0 aromatic heterocycles. The molecule has 3 rings (SSSR count). The van der Waals surface area contributed by atoms with Crippen molar-refractivity contribution < 1.29 is 33.4 Å². The summed E-state index contributed by atoms with van der Waals surface area (Å²) in [7, 11) is 0. The second kappa shape index (κ2) is 14.8. The monoisotopic (exact) mass is 562 g/mol. The number of amides is 2. The molecule has 0 N–H and O–H groups in total. The van der Waals surface area contributed by atoms with Crippen LogP contribution in [0.4, 0.5) is 9.59 Å². The predicted molar refractivity (Wildman–Crippen MR) is 153 cm³/mol. The maximum absolute atomic E-state index is 13.8. The Morgan fingerprint density at radius 1 is 0.902 bits per heavy atom. The van der Waals surface area contributed by atoms with E-state index >= 15 is 0 Å². The first-order valence-corrected chi connectivity index (χ1v) is 13.8. The lowest BCUT2D eigenvalue weighted by Crippen LogP contribution is -2.63. The van der Waals surface area contributed by atoms with Crippen LogP contribution >= 0.6 is 0 Å². The lowest BCUT2D eigenvalue weighted by molar-refractivity contribution is -0.165. The Labute approximate surface area is 241 Å². The van der Waals surface area contributed by atoms with E-state index in [4.69, 9.17) is 14.2 Å². The van der Waals surface area contributed by atoms with E-state index in [1.54, 1.807) is 61.5 Å². The minimum absolute atomic E-state index is 0.0399. The van der Waals surface area contributed by atoms with Gasteiger partial charge in [0.2, 0.25) is 5.54 Å². The van der Waals surface area contributed by atoms with Crippen molar-refractivity contribution >= 4 is 23.9 Å². The minimum Gasteiger partial charge on any atom is -0.464 e. The first-order chi connectivity index (χ1) is 19.8. The van der Waals surface area contributed by atoms with Crippen LogP contribution in [0.3, 0.4) is 0 Å². The average molecular weight is 563 g/mol. The van der Waals surface area contributed by atoms with Gasteiger partial charge >= 0.3 is 18.2 Å². The number of ether oxygens (including phenoxy) is 3. The topological polar surface area (TPSA) is 102 Å². The van der Waals surface area contributed by atoms with Gasteiger partial charge in [0.1, 0.15) is 13.2 Å². The molecule has 1 heterocycles. The number of hydrazine groups is 1. The van der Waals surface area contributed by atoms with Gasteiger partial charge in [0.15, 0.2) is 5.78 Å². The zero-order valence-electron chi connectivity index (χ0n) is 23.9. The SMILES string of the molecule is C=C(/C=C/CCCC)[C@H]1C[C@@](C(C)=O)(C(=O)OCC)N(C(=O)OCc2ccccc2)N1C(=O)OCc1ccccc1. The fourth-order valence-corrected chi connectivity index (χ4v) is 4.61. The molecule has 0 unspecified atom stereocenters. The first kappa shape index (κ1) is 31.1. The third-order valence-electron chi connectivity index (χ3n) is 6.81. The molecule has 1 aliphatic heterocycles. The van der Waals surface area contributed by atoms with Gasteiger partial charge in [0.05, 0.1) is 12.6 Å². The first-order valence-electron chi connectivity index (χ1n) is 13.8. The van der Waals surface area contributed by atoms with Crippen LogP contribution in [-0.2, 0) is 37.0 Å². The molecule has 0 bridgehead atoms. The van der Waals surface area contributed by atoms with Gasteiger partial charge in [0, 0.05) is 6.42 Å². The molecule has 9 heteroatoms. The number of hydrogen-bond donors (Lipinski definition) is 0. The highest BCUT2D eigenvalue weighted by Crippen LogP contribution is 2.40. The second-order valence-corrected chi connectivity index (χ2v) is 9.71. The van der Waals surface area contributed by atoms with Gasteiger partial charge in [-0.15, -0.1) is 0 Å². The van der Waals surface area contributed by atoms with Gasteiger partial charge in [-0.25, -0.2) is 19.4 Å². The molecule has 0 aliphatic carbocycles. The molecule has 2 aromatic rings. The lowest BCUT2D eigenvalue weighted by Gasteiger charge is -2.36. The third kappa shape index (κ3) is 7.42. The molecule has 41 heavy (non-hydrogen) atoms. The van der Waals surface area contributed by atoms with Crippen LogP contribution in [-0.4, -0.2) is 52.1 Å². The Kier molecular flexibility index (Phi) is 11.3. The summed E-state index contributed by atoms with van der Waals surface area (Å²) in [5.41, 5.74) is -0.342. The van der Waals surface area contributed by atoms with Crippen molar-refractivity contribution in [1.29, 1.82) is 0 Å². The maximum atomic E-state index is 13.8. The molecule has 1 saturated heterocycles. The van der Waals surface area contributed by atoms with Gasteiger partial charge in [-0.05, 0) is 37.0 Å². The van der Waals surface area contributed by atoms with Gasteiger partial charge in [-0.1, -0.05) is 99.2 Å². The Bertz CT molecular complexity index is 1250. The maximum Gasteiger partial charge on any atom is 0.430 e. The Hall–Kier alpha value is -4.40. The number of ketones is 1. The highest BCUT2D eigenvalue weighted by atomic mass is 16.6. The van der Waals surface area contributed by atoms with Crippen LogP contribution in [0.2, 0.25) is 0 Å². The van der Waals surface area contributed by atoms with E-state index in [1.165, 1.54) is 6.92 Å². The second-order valence-electron chi connectivity index (χ2n) is 9.71. The van der Waals surface area contributed by atoms with Crippen LogP contribution in [0, 0.1) is 0 Å². The number of allylic oxidation sites excluding steroid dienone is 1. The fraction of sp³-hybridized carbons (Fsp3) is 0.375. The number of unbranched alkanes of at least 4 members (excludes halogenated alkanes) is 2. The van der Waals surface area contributed by atoms with Crippen molar-refractivity contribution in [2.45, 2.75) is 71.2 Å². The van der Waals surface area contributed by atoms with E-state index in [1.807, 2.05) is 18.2 Å². The number of nitrogens with zero attached hydrogens (tertiary/aromatic N) is 2. The molecule has 0 saturated carbocycles. The Morgan fingerprint density at radius 2 is 1.46 bits per heavy atom. The van der Waals surface area contributed by atoms with Crippen LogP contribution in [0.1, 0.15) is 57.6 Å². The van der Waals surface area contributed by atoms with Crippen molar-refractivity contribution in [2.75, 3.05) is 6.61 Å². The highest BCUT2D eigenvalue weighted by Gasteiger charge is 2.64. The predicted octanol–water partition coefficient (Wildman–Crippen LogP) is 6.14. The minimum atomic E-state index is -2.17. The highest BCUT2D eigenvalue weighted by molar-refractivity contribution is 6.10. The Morgan fingerprint density at radius 3 is 1.98 bits per heavy atom. The van der Waals surface area contributed by atoms with Gasteiger partial charge in [-0.3, -0.25) is 4.79 Å². The van der Waals surface area contributed by atoms with Crippen molar-refractivity contribution in [1.82, 2.24) is 10.0 Å². The van der Waals surface area contributed by atoms with Crippen molar-refractivity contribution in [3.63, 3.8) is 0 Å². The van der Waals surface area contributed by atoms with Gasteiger partial charge in [-0.2, -0.15) is 5.01 Å². The normalized spacial score (nSPS) is 18.3. The lowest BCUT2D eigenvalue weighted by atomic mass is 9.87. The summed E-state index contributed by atoms with van der Waals surface area (Å²) in [6.45, 7) is 8.69. The number of rotatable bonds is 12. The molecular weight excluding hydrogens is 524 g/mol. The van der Waals surface area contributed by atoms with E-state index in [0.717, 1.165) is 34.8 Å². The number of esters is 1. The molecule has 0 radical (unpaired) electrons. The van der Waals surface area contributed by atoms with Crippen molar-refractivity contribution in [2.24, 2.45) is 0 Å². The van der Waals surface area contributed by atoms with Crippen molar-refractivity contribution in [3.05, 3.63) is 96.1 Å². The van der Waals surface area contributed by atoms with E-state index in [0.29, 0.717) is 11.1 Å². The Balaban J connectivity index is 2.05. The summed E-state index contributed by atoms with van der Waals surface area (Å²) in [6.07, 6.45) is 4.11. The molecule has 1 fully saturated rings. The zero-order valence-corrected chi connectivity index (χ0v) is 23.9. The molecular formula is C32H38N2O7. The van der Waals surface area contributed by atoms with E-state index in [2.05, 4.69) is 13.5 Å². The molecule has 1 aliphatic rings. The summed E-state index contributed by atoms with van der Waals surface area (Å²) < 4.78 is 16.5. The summed E-state index contributed by atoms with van der Waals surface area (Å²) in [5.74, 6) is -1.64. The van der Waals surface area contributed by atoms with Crippen molar-refractivity contribution in [3.8, 4) is 0 Å². The number of carbonyl (C=O) groups is 4. The third-order valence-corrected chi connectivity index (χ3v) is 6.81. The quantitative estimate of drug-likeness (QED) is 0.101. The summed E-state index contributed by atoms with van der Waals surface area (Å²) >= 11 is 0. The van der Waals surface area contributed by atoms with Gasteiger partial charge in [0.25, 0.3) is 0 Å². The molecule has 0 spiro atoms. The summed E-state index contributed by atoms with van der Waals surface area (Å²) in [6, 6.07) is 17.0. The molecule has 9 nitrogen and oxygen atoms in total. The van der Waals surface area contributed by atoms with Crippen LogP contribution < -0.4 is 0 Å². The van der Waals surface area contributed by atoms with Crippen LogP contribution in [0.25, 0.3) is 0 Å². The zero-order chi connectivity index (χ0) is 29.8. The molecule has 2 amide bonds. The average Bonchev–Trinajstić information content (AvgIpc) is 3.36. The van der Waals surface area contributed by atoms with Gasteiger partial charge < -0.3 is 14.2 Å². The number of hydrogen-bond acceptors (Lipinski definition) is 7. The summed E-state index contributed by atoms with van der Waals surface area (Å²) in [4.78, 5) is 54.3. The van der Waals surface area contributed by atoms with E-state index < -0.39 is 35.5 Å². The fourth-order valence-electron chi connectivity index (χ4n) is 4.61. The smallest absolute Gasteiger partial charge is 0.430 e. The summed E-state index contributed by atoms with van der Waals surface area (Å²) in [5, 5.41) is 1.74. The van der Waals surface area contributed by atoms with Crippen LogP contribution in [0.15, 0.2) is 85.0 Å².